The molecule has 0 aliphatic carbocycles. The number of aromatic nitrogens is 2. The Kier molecular flexibility index (Phi) is 5.29. The maximum Gasteiger partial charge on any atom is 0.335 e. The molecule has 0 bridgehead atoms. The number of carbonyl (C=O) groups is 2. The van der Waals surface area contributed by atoms with Crippen LogP contribution in [0.1, 0.15) is 20.9 Å². The van der Waals surface area contributed by atoms with Crippen molar-refractivity contribution in [3.05, 3.63) is 58.0 Å². The molecule has 1 aromatic heterocycles. The van der Waals surface area contributed by atoms with Crippen molar-refractivity contribution in [1.29, 1.82) is 0 Å². The van der Waals surface area contributed by atoms with Gasteiger partial charge in [0, 0.05) is 6.54 Å². The molecule has 2 heterocycles. The van der Waals surface area contributed by atoms with Crippen molar-refractivity contribution in [3.8, 4) is 0 Å². The van der Waals surface area contributed by atoms with Gasteiger partial charge in [-0.25, -0.2) is 4.79 Å². The number of amides is 1. The van der Waals surface area contributed by atoms with Crippen LogP contribution < -0.4 is 0 Å². The Labute approximate surface area is 157 Å². The number of thioether (sulfide) groups is 1. The van der Waals surface area contributed by atoms with Crippen molar-refractivity contribution in [2.24, 2.45) is 4.99 Å². The van der Waals surface area contributed by atoms with Gasteiger partial charge in [-0.05, 0) is 42.5 Å². The van der Waals surface area contributed by atoms with Crippen molar-refractivity contribution in [3.63, 3.8) is 0 Å². The minimum absolute atomic E-state index is 0.183. The Bertz CT molecular complexity index is 932. The maximum absolute atomic E-state index is 12.7. The van der Waals surface area contributed by atoms with Gasteiger partial charge >= 0.3 is 5.97 Å². The number of carboxylic acid groups (broad SMARTS) is 1. The lowest BCUT2D eigenvalue weighted by Gasteiger charge is -2.11. The van der Waals surface area contributed by atoms with E-state index < -0.39 is 5.97 Å². The van der Waals surface area contributed by atoms with Crippen LogP contribution in [0.15, 0.2) is 46.8 Å². The lowest BCUT2D eigenvalue weighted by molar-refractivity contribution is -0.121. The number of nitrogens with zero attached hydrogens (tertiary/aromatic N) is 4. The first-order valence-corrected chi connectivity index (χ1v) is 9.15. The first kappa shape index (κ1) is 18.0. The second-order valence-electron chi connectivity index (χ2n) is 5.24. The van der Waals surface area contributed by atoms with Gasteiger partial charge in [0.15, 0.2) is 5.17 Å². The summed E-state index contributed by atoms with van der Waals surface area (Å²) in [6.07, 6.45) is 3.34. The fourth-order valence-corrected chi connectivity index (χ4v) is 3.77. The topological polar surface area (TPSA) is 95.8 Å². The zero-order valence-electron chi connectivity index (χ0n) is 13.7. The number of hydrogen-bond acceptors (Lipinski definition) is 7. The Morgan fingerprint density at radius 1 is 1.35 bits per heavy atom. The van der Waals surface area contributed by atoms with E-state index in [1.807, 2.05) is 6.92 Å². The van der Waals surface area contributed by atoms with E-state index >= 15 is 0 Å². The molecule has 7 nitrogen and oxygen atoms in total. The lowest BCUT2D eigenvalue weighted by Crippen LogP contribution is -2.29. The van der Waals surface area contributed by atoms with Crippen LogP contribution >= 0.6 is 23.1 Å². The number of benzene rings is 1. The van der Waals surface area contributed by atoms with Crippen LogP contribution in [0.25, 0.3) is 6.08 Å². The predicted molar refractivity (Wildman–Crippen MR) is 103 cm³/mol. The summed E-state index contributed by atoms with van der Waals surface area (Å²) in [5.74, 6) is -1.17. The molecule has 1 aromatic carbocycles. The third-order valence-electron chi connectivity index (χ3n) is 3.36. The number of carbonyl (C=O) groups excluding carboxylic acids is 1. The summed E-state index contributed by atoms with van der Waals surface area (Å²) >= 11 is 2.58. The van der Waals surface area contributed by atoms with Gasteiger partial charge in [0.1, 0.15) is 5.01 Å². The summed E-state index contributed by atoms with van der Waals surface area (Å²) in [5, 5.41) is 18.6. The van der Waals surface area contributed by atoms with E-state index in [4.69, 9.17) is 5.11 Å². The van der Waals surface area contributed by atoms with E-state index in [2.05, 4.69) is 21.8 Å². The molecule has 1 N–H and O–H groups in total. The van der Waals surface area contributed by atoms with Crippen LogP contribution in [-0.4, -0.2) is 43.8 Å². The van der Waals surface area contributed by atoms with Crippen LogP contribution in [0.5, 0.6) is 0 Å². The van der Waals surface area contributed by atoms with Gasteiger partial charge in [-0.2, -0.15) is 4.99 Å². The SMILES string of the molecule is C=CCN1C(=O)/C(=C\c2ccc(C(=O)O)cc2)S/C1=N\c1nnc(C)s1. The Morgan fingerprint density at radius 2 is 2.08 bits per heavy atom. The van der Waals surface area contributed by atoms with Gasteiger partial charge in [-0.15, -0.1) is 16.8 Å². The van der Waals surface area contributed by atoms with E-state index in [0.717, 1.165) is 10.6 Å². The first-order chi connectivity index (χ1) is 12.5. The number of aromatic carboxylic acids is 1. The zero-order chi connectivity index (χ0) is 18.7. The molecule has 3 rings (SSSR count). The molecule has 9 heteroatoms. The van der Waals surface area contributed by atoms with Crippen LogP contribution in [0.3, 0.4) is 0 Å². The minimum atomic E-state index is -0.991. The Morgan fingerprint density at radius 3 is 2.65 bits per heavy atom. The lowest BCUT2D eigenvalue weighted by atomic mass is 10.1. The molecular formula is C17H14N4O3S2. The van der Waals surface area contributed by atoms with Gasteiger partial charge in [0.2, 0.25) is 5.13 Å². The summed E-state index contributed by atoms with van der Waals surface area (Å²) in [6.45, 7) is 5.85. The molecule has 1 aliphatic heterocycles. The fraction of sp³-hybridized carbons (Fsp3) is 0.118. The first-order valence-electron chi connectivity index (χ1n) is 7.52. The highest BCUT2D eigenvalue weighted by Gasteiger charge is 2.32. The molecule has 2 aromatic rings. The second kappa shape index (κ2) is 7.63. The second-order valence-corrected chi connectivity index (χ2v) is 7.41. The van der Waals surface area contributed by atoms with E-state index in [-0.39, 0.29) is 11.5 Å². The zero-order valence-corrected chi connectivity index (χ0v) is 15.4. The largest absolute Gasteiger partial charge is 0.478 e. The fourth-order valence-electron chi connectivity index (χ4n) is 2.17. The third kappa shape index (κ3) is 3.89. The van der Waals surface area contributed by atoms with Crippen LogP contribution in [-0.2, 0) is 4.79 Å². The minimum Gasteiger partial charge on any atom is -0.478 e. The van der Waals surface area contributed by atoms with Crippen LogP contribution in [0.2, 0.25) is 0 Å². The van der Waals surface area contributed by atoms with Gasteiger partial charge in [0.25, 0.3) is 5.91 Å². The van der Waals surface area contributed by atoms with Crippen LogP contribution in [0.4, 0.5) is 5.13 Å². The quantitative estimate of drug-likeness (QED) is 0.625. The molecule has 1 fully saturated rings. The van der Waals surface area contributed by atoms with E-state index in [1.54, 1.807) is 24.3 Å². The number of amidine groups is 1. The highest BCUT2D eigenvalue weighted by molar-refractivity contribution is 8.18. The normalized spacial score (nSPS) is 17.3. The molecule has 1 aliphatic rings. The number of hydrogen-bond donors (Lipinski definition) is 1. The highest BCUT2D eigenvalue weighted by Crippen LogP contribution is 2.34. The number of aliphatic imine (C=N–C) groups is 1. The molecule has 0 saturated carbocycles. The molecule has 0 unspecified atom stereocenters. The van der Waals surface area contributed by atoms with Crippen molar-refractivity contribution in [2.75, 3.05) is 6.54 Å². The number of rotatable bonds is 5. The molecule has 0 radical (unpaired) electrons. The third-order valence-corrected chi connectivity index (χ3v) is 5.10. The van der Waals surface area contributed by atoms with Gasteiger partial charge in [-0.1, -0.05) is 29.5 Å². The summed E-state index contributed by atoms with van der Waals surface area (Å²) in [4.78, 5) is 30.0. The van der Waals surface area contributed by atoms with Crippen molar-refractivity contribution in [1.82, 2.24) is 15.1 Å². The monoisotopic (exact) mass is 386 g/mol. The number of aryl methyl sites for hydroxylation is 1. The maximum atomic E-state index is 12.7. The smallest absolute Gasteiger partial charge is 0.335 e. The van der Waals surface area contributed by atoms with Crippen molar-refractivity contribution in [2.45, 2.75) is 6.92 Å². The summed E-state index contributed by atoms with van der Waals surface area (Å²) < 4.78 is 0. The highest BCUT2D eigenvalue weighted by atomic mass is 32.2. The van der Waals surface area contributed by atoms with Crippen LogP contribution in [0, 0.1) is 6.92 Å². The van der Waals surface area contributed by atoms with Crippen molar-refractivity contribution < 1.29 is 14.7 Å². The summed E-state index contributed by atoms with van der Waals surface area (Å²) in [7, 11) is 0. The Hall–Kier alpha value is -2.78. The molecule has 0 spiro atoms. The molecule has 1 saturated heterocycles. The van der Waals surface area contributed by atoms with Gasteiger partial charge in [-0.3, -0.25) is 9.69 Å². The summed E-state index contributed by atoms with van der Waals surface area (Å²) in [5.41, 5.74) is 0.928. The average Bonchev–Trinajstić information content (AvgIpc) is 3.14. The standard InChI is InChI=1S/C17H14N4O3S2/c1-3-8-21-14(22)13(9-11-4-6-12(7-5-11)15(23)24)26-17(21)18-16-20-19-10(2)25-16/h3-7,9H,1,8H2,2H3,(H,23,24)/b13-9+,18-17-. The van der Waals surface area contributed by atoms with Gasteiger partial charge in [0.05, 0.1) is 10.5 Å². The van der Waals surface area contributed by atoms with Gasteiger partial charge < -0.3 is 5.11 Å². The molecule has 1 amide bonds. The van der Waals surface area contributed by atoms with E-state index in [0.29, 0.717) is 21.7 Å². The van der Waals surface area contributed by atoms with E-state index in [9.17, 15) is 9.59 Å². The Balaban J connectivity index is 1.90. The van der Waals surface area contributed by atoms with Crippen molar-refractivity contribution >= 4 is 51.4 Å². The predicted octanol–water partition coefficient (Wildman–Crippen LogP) is 3.33. The molecule has 26 heavy (non-hydrogen) atoms. The van der Waals surface area contributed by atoms with E-state index in [1.165, 1.54) is 40.1 Å². The summed E-state index contributed by atoms with van der Waals surface area (Å²) in [6, 6.07) is 6.31. The molecule has 132 valence electrons. The molecule has 0 atom stereocenters. The average molecular weight is 386 g/mol. The number of carboxylic acids is 1. The molecular weight excluding hydrogens is 372 g/mol.